The number of halogens is 1. The summed E-state index contributed by atoms with van der Waals surface area (Å²) >= 11 is 1.68. The minimum absolute atomic E-state index is 0.198. The van der Waals surface area contributed by atoms with Gasteiger partial charge in [0.05, 0.1) is 5.69 Å². The summed E-state index contributed by atoms with van der Waals surface area (Å²) < 4.78 is 13.1. The smallest absolute Gasteiger partial charge is 0.124 e. The molecule has 0 aliphatic carbocycles. The molecule has 0 aliphatic heterocycles. The zero-order chi connectivity index (χ0) is 14.0. The van der Waals surface area contributed by atoms with Gasteiger partial charge in [0.2, 0.25) is 0 Å². The van der Waals surface area contributed by atoms with Crippen molar-refractivity contribution in [2.75, 3.05) is 0 Å². The van der Waals surface area contributed by atoms with Crippen LogP contribution < -0.4 is 5.32 Å². The molecule has 0 aliphatic rings. The van der Waals surface area contributed by atoms with Crippen molar-refractivity contribution in [1.29, 1.82) is 0 Å². The average Bonchev–Trinajstić information content (AvgIpc) is 2.67. The number of nitrogens with one attached hydrogen (secondary N) is 1. The van der Waals surface area contributed by atoms with Gasteiger partial charge in [-0.15, -0.1) is 11.3 Å². The second-order valence-corrected chi connectivity index (χ2v) is 6.11. The summed E-state index contributed by atoms with van der Waals surface area (Å²) in [5.41, 5.74) is 3.00. The largest absolute Gasteiger partial charge is 0.310 e. The Morgan fingerprint density at radius 2 is 2.05 bits per heavy atom. The van der Waals surface area contributed by atoms with E-state index in [0.29, 0.717) is 6.04 Å². The lowest BCUT2D eigenvalue weighted by Gasteiger charge is -2.06. The lowest BCUT2D eigenvalue weighted by atomic mass is 10.1. The van der Waals surface area contributed by atoms with Crippen LogP contribution in [0.15, 0.2) is 18.2 Å². The molecule has 0 amide bonds. The first-order valence-corrected chi connectivity index (χ1v) is 7.25. The fourth-order valence-corrected chi connectivity index (χ4v) is 2.97. The zero-order valence-electron chi connectivity index (χ0n) is 11.7. The van der Waals surface area contributed by atoms with Crippen molar-refractivity contribution in [3.63, 3.8) is 0 Å². The highest BCUT2D eigenvalue weighted by Crippen LogP contribution is 2.30. The van der Waals surface area contributed by atoms with Crippen molar-refractivity contribution in [2.45, 2.75) is 40.3 Å². The normalized spacial score (nSPS) is 11.3. The third-order valence-corrected chi connectivity index (χ3v) is 4.17. The Kier molecular flexibility index (Phi) is 4.32. The fraction of sp³-hybridized carbons (Fsp3) is 0.400. The summed E-state index contributed by atoms with van der Waals surface area (Å²) in [5, 5.41) is 4.37. The van der Waals surface area contributed by atoms with Crippen molar-refractivity contribution >= 4 is 11.3 Å². The number of aryl methyl sites for hydroxylation is 2. The summed E-state index contributed by atoms with van der Waals surface area (Å²) in [7, 11) is 0. The van der Waals surface area contributed by atoms with Crippen LogP contribution in [0.3, 0.4) is 0 Å². The molecule has 2 nitrogen and oxygen atoms in total. The number of thiazole rings is 1. The molecule has 2 rings (SSSR count). The van der Waals surface area contributed by atoms with E-state index in [1.165, 1.54) is 10.9 Å². The summed E-state index contributed by atoms with van der Waals surface area (Å²) in [5.74, 6) is -0.198. The molecule has 0 spiro atoms. The van der Waals surface area contributed by atoms with Crippen LogP contribution in [0.25, 0.3) is 10.6 Å². The number of hydrogen-bond acceptors (Lipinski definition) is 3. The average molecular weight is 278 g/mol. The highest BCUT2D eigenvalue weighted by Gasteiger charge is 2.11. The Morgan fingerprint density at radius 3 is 2.68 bits per heavy atom. The molecular weight excluding hydrogens is 259 g/mol. The molecule has 0 atom stereocenters. The maximum Gasteiger partial charge on any atom is 0.124 e. The van der Waals surface area contributed by atoms with E-state index in [1.54, 1.807) is 17.4 Å². The van der Waals surface area contributed by atoms with Crippen molar-refractivity contribution < 1.29 is 4.39 Å². The lowest BCUT2D eigenvalue weighted by molar-refractivity contribution is 0.591. The Balaban J connectivity index is 2.28. The molecule has 0 unspecified atom stereocenters. The molecular formula is C15H19FN2S. The third-order valence-electron chi connectivity index (χ3n) is 2.98. The van der Waals surface area contributed by atoms with Crippen LogP contribution in [0.2, 0.25) is 0 Å². The minimum Gasteiger partial charge on any atom is -0.310 e. The van der Waals surface area contributed by atoms with Gasteiger partial charge in [-0.05, 0) is 37.6 Å². The van der Waals surface area contributed by atoms with E-state index >= 15 is 0 Å². The number of aromatic nitrogens is 1. The van der Waals surface area contributed by atoms with E-state index in [1.807, 2.05) is 19.9 Å². The standard InChI is InChI=1S/C15H19FN2S/c1-9(2)17-8-14-11(4)18-15(19-14)13-6-5-12(16)7-10(13)3/h5-7,9,17H,8H2,1-4H3. The summed E-state index contributed by atoms with van der Waals surface area (Å²) in [4.78, 5) is 5.85. The molecule has 1 aromatic heterocycles. The second-order valence-electron chi connectivity index (χ2n) is 5.02. The topological polar surface area (TPSA) is 24.9 Å². The van der Waals surface area contributed by atoms with Gasteiger partial charge in [0, 0.05) is 23.0 Å². The van der Waals surface area contributed by atoms with E-state index < -0.39 is 0 Å². The van der Waals surface area contributed by atoms with Crippen LogP contribution in [0.5, 0.6) is 0 Å². The molecule has 4 heteroatoms. The number of hydrogen-bond donors (Lipinski definition) is 1. The molecule has 1 aromatic carbocycles. The maximum absolute atomic E-state index is 13.1. The highest BCUT2D eigenvalue weighted by molar-refractivity contribution is 7.15. The molecule has 1 heterocycles. The molecule has 2 aromatic rings. The van der Waals surface area contributed by atoms with Crippen LogP contribution in [0, 0.1) is 19.7 Å². The molecule has 1 N–H and O–H groups in total. The first kappa shape index (κ1) is 14.2. The molecule has 0 radical (unpaired) electrons. The Bertz CT molecular complexity index is 576. The van der Waals surface area contributed by atoms with Crippen molar-refractivity contribution in [3.05, 3.63) is 40.2 Å². The Morgan fingerprint density at radius 1 is 1.32 bits per heavy atom. The zero-order valence-corrected chi connectivity index (χ0v) is 12.6. The summed E-state index contributed by atoms with van der Waals surface area (Å²) in [6.07, 6.45) is 0. The Hall–Kier alpha value is -1.26. The lowest BCUT2D eigenvalue weighted by Crippen LogP contribution is -2.21. The minimum atomic E-state index is -0.198. The van der Waals surface area contributed by atoms with Crippen molar-refractivity contribution in [1.82, 2.24) is 10.3 Å². The molecule has 19 heavy (non-hydrogen) atoms. The first-order chi connectivity index (χ1) is 8.97. The van der Waals surface area contributed by atoms with Crippen LogP contribution in [-0.2, 0) is 6.54 Å². The predicted octanol–water partition coefficient (Wildman–Crippen LogP) is 4.06. The maximum atomic E-state index is 13.1. The van der Waals surface area contributed by atoms with Crippen molar-refractivity contribution in [2.24, 2.45) is 0 Å². The molecule has 0 saturated heterocycles. The summed E-state index contributed by atoms with van der Waals surface area (Å²) in [6, 6.07) is 5.31. The number of benzene rings is 1. The van der Waals surface area contributed by atoms with E-state index in [0.717, 1.165) is 28.4 Å². The van der Waals surface area contributed by atoms with Crippen LogP contribution in [0.1, 0.15) is 30.0 Å². The molecule has 102 valence electrons. The van der Waals surface area contributed by atoms with E-state index in [2.05, 4.69) is 24.1 Å². The van der Waals surface area contributed by atoms with Gasteiger partial charge in [0.15, 0.2) is 0 Å². The van der Waals surface area contributed by atoms with Crippen LogP contribution in [-0.4, -0.2) is 11.0 Å². The van der Waals surface area contributed by atoms with Gasteiger partial charge < -0.3 is 5.32 Å². The predicted molar refractivity (Wildman–Crippen MR) is 79.0 cm³/mol. The molecule has 0 saturated carbocycles. The van der Waals surface area contributed by atoms with E-state index in [9.17, 15) is 4.39 Å². The van der Waals surface area contributed by atoms with Gasteiger partial charge in [-0.1, -0.05) is 13.8 Å². The highest BCUT2D eigenvalue weighted by atomic mass is 32.1. The second kappa shape index (κ2) is 5.80. The van der Waals surface area contributed by atoms with Gasteiger partial charge >= 0.3 is 0 Å². The van der Waals surface area contributed by atoms with Gasteiger partial charge in [0.1, 0.15) is 10.8 Å². The Labute approximate surface area is 117 Å². The SMILES string of the molecule is Cc1cc(F)ccc1-c1nc(C)c(CNC(C)C)s1. The van der Waals surface area contributed by atoms with Crippen LogP contribution in [0.4, 0.5) is 4.39 Å². The van der Waals surface area contributed by atoms with Gasteiger partial charge in [-0.2, -0.15) is 0 Å². The number of nitrogens with zero attached hydrogens (tertiary/aromatic N) is 1. The van der Waals surface area contributed by atoms with E-state index in [-0.39, 0.29) is 5.82 Å². The summed E-state index contributed by atoms with van der Waals surface area (Å²) in [6.45, 7) is 9.03. The third kappa shape index (κ3) is 3.39. The van der Waals surface area contributed by atoms with Gasteiger partial charge in [-0.25, -0.2) is 9.37 Å². The number of rotatable bonds is 4. The van der Waals surface area contributed by atoms with Gasteiger partial charge in [-0.3, -0.25) is 0 Å². The van der Waals surface area contributed by atoms with Crippen molar-refractivity contribution in [3.8, 4) is 10.6 Å². The van der Waals surface area contributed by atoms with E-state index in [4.69, 9.17) is 0 Å². The monoisotopic (exact) mass is 278 g/mol. The quantitative estimate of drug-likeness (QED) is 0.912. The first-order valence-electron chi connectivity index (χ1n) is 6.43. The fourth-order valence-electron chi connectivity index (χ4n) is 1.87. The van der Waals surface area contributed by atoms with Gasteiger partial charge in [0.25, 0.3) is 0 Å². The molecule has 0 fully saturated rings. The molecule has 0 bridgehead atoms. The van der Waals surface area contributed by atoms with Crippen LogP contribution >= 0.6 is 11.3 Å².